The third-order valence-corrected chi connectivity index (χ3v) is 6.36. The average Bonchev–Trinajstić information content (AvgIpc) is 2.99. The Morgan fingerprint density at radius 3 is 2.24 bits per heavy atom. The van der Waals surface area contributed by atoms with Gasteiger partial charge in [0.25, 0.3) is 5.92 Å². The zero-order valence-corrected chi connectivity index (χ0v) is 19.5. The minimum atomic E-state index is -3.33. The Morgan fingerprint density at radius 2 is 1.64 bits per heavy atom. The van der Waals surface area contributed by atoms with Crippen LogP contribution in [0.4, 0.5) is 14.6 Å². The van der Waals surface area contributed by atoms with Crippen LogP contribution in [0.1, 0.15) is 40.9 Å². The van der Waals surface area contributed by atoms with E-state index >= 15 is 0 Å². The topological polar surface area (TPSA) is 85.0 Å². The highest BCUT2D eigenvalue weighted by atomic mass is 19.3. The molecule has 2 aromatic carbocycles. The lowest BCUT2D eigenvalue weighted by Gasteiger charge is -2.24. The van der Waals surface area contributed by atoms with Crippen molar-refractivity contribution < 1.29 is 13.9 Å². The number of aromatic nitrogens is 4. The van der Waals surface area contributed by atoms with Crippen molar-refractivity contribution >= 4 is 27.6 Å². The number of alkyl halides is 2. The molecule has 2 N–H and O–H groups in total. The van der Waals surface area contributed by atoms with E-state index < -0.39 is 12.5 Å². The third-order valence-electron chi connectivity index (χ3n) is 6.36. The van der Waals surface area contributed by atoms with Crippen molar-refractivity contribution in [2.45, 2.75) is 39.7 Å². The summed E-state index contributed by atoms with van der Waals surface area (Å²) in [6.07, 6.45) is 0. The van der Waals surface area contributed by atoms with Gasteiger partial charge in [-0.25, -0.2) is 4.79 Å². The van der Waals surface area contributed by atoms with E-state index in [1.54, 1.807) is 37.1 Å². The molecule has 9 heteroatoms. The van der Waals surface area contributed by atoms with Gasteiger partial charge in [-0.3, -0.25) is 9.13 Å². The Bertz CT molecular complexity index is 1460. The second kappa shape index (κ2) is 7.91. The summed E-state index contributed by atoms with van der Waals surface area (Å²) in [5.41, 5.74) is 3.72. The maximum Gasteiger partial charge on any atom is 0.328 e. The standard InChI is InChI=1S/C24H27F2N5O2/c1-12-7-16(13(2)19(8-12)24(25,26)11-32)14(3)27-22-18-10-21-20(30(5)23(33)31(21)6)9-17(18)15(4)28-29-22/h7-10,14,32H,11H2,1-6H3,(H,27,29)/t14-/m1/s1. The van der Waals surface area contributed by atoms with Crippen molar-refractivity contribution in [3.8, 4) is 0 Å². The SMILES string of the molecule is Cc1cc([C@@H](C)Nc2nnc(C)c3cc4c(cc23)n(C)c(=O)n4C)c(C)c(C(F)(F)CO)c1. The predicted molar refractivity (Wildman–Crippen MR) is 125 cm³/mol. The summed E-state index contributed by atoms with van der Waals surface area (Å²) < 4.78 is 31.9. The lowest BCUT2D eigenvalue weighted by atomic mass is 9.92. The normalized spacial score (nSPS) is 13.1. The number of nitrogens with one attached hydrogen (secondary N) is 1. The number of rotatable bonds is 5. The van der Waals surface area contributed by atoms with Crippen LogP contribution in [0.15, 0.2) is 29.1 Å². The molecule has 174 valence electrons. The van der Waals surface area contributed by atoms with Crippen molar-refractivity contribution in [2.24, 2.45) is 14.1 Å². The molecule has 0 amide bonds. The lowest BCUT2D eigenvalue weighted by Crippen LogP contribution is -2.22. The molecule has 0 unspecified atom stereocenters. The van der Waals surface area contributed by atoms with Crippen LogP contribution in [0.5, 0.6) is 0 Å². The van der Waals surface area contributed by atoms with Crippen LogP contribution in [0, 0.1) is 20.8 Å². The first-order chi connectivity index (χ1) is 15.5. The fourth-order valence-corrected chi connectivity index (χ4v) is 4.46. The average molecular weight is 456 g/mol. The summed E-state index contributed by atoms with van der Waals surface area (Å²) in [5, 5.41) is 22.8. The van der Waals surface area contributed by atoms with Gasteiger partial charge in [0.2, 0.25) is 0 Å². The first-order valence-corrected chi connectivity index (χ1v) is 10.7. The van der Waals surface area contributed by atoms with E-state index in [9.17, 15) is 18.7 Å². The molecule has 0 fully saturated rings. The molecular weight excluding hydrogens is 428 g/mol. The molecule has 4 aromatic rings. The number of anilines is 1. The van der Waals surface area contributed by atoms with Crippen LogP contribution in [0.3, 0.4) is 0 Å². The fourth-order valence-electron chi connectivity index (χ4n) is 4.46. The molecule has 1 atom stereocenters. The monoisotopic (exact) mass is 455 g/mol. The predicted octanol–water partition coefficient (Wildman–Crippen LogP) is 4.00. The smallest absolute Gasteiger partial charge is 0.328 e. The minimum Gasteiger partial charge on any atom is -0.390 e. The summed E-state index contributed by atoms with van der Waals surface area (Å²) in [6, 6.07) is 6.72. The van der Waals surface area contributed by atoms with Crippen molar-refractivity contribution in [3.05, 3.63) is 62.7 Å². The van der Waals surface area contributed by atoms with Crippen molar-refractivity contribution in [2.75, 3.05) is 11.9 Å². The van der Waals surface area contributed by atoms with Crippen molar-refractivity contribution in [1.29, 1.82) is 0 Å². The first-order valence-electron chi connectivity index (χ1n) is 10.7. The summed E-state index contributed by atoms with van der Waals surface area (Å²) in [7, 11) is 3.44. The maximum atomic E-state index is 14.3. The number of benzene rings is 2. The molecule has 0 aliphatic carbocycles. The fraction of sp³-hybridized carbons (Fsp3) is 0.375. The maximum absolute atomic E-state index is 14.3. The van der Waals surface area contributed by atoms with E-state index in [-0.39, 0.29) is 17.3 Å². The number of aliphatic hydroxyl groups excluding tert-OH is 1. The minimum absolute atomic E-state index is 0.130. The number of halogens is 2. The second-order valence-electron chi connectivity index (χ2n) is 8.68. The van der Waals surface area contributed by atoms with Gasteiger partial charge >= 0.3 is 5.69 Å². The van der Waals surface area contributed by atoms with Crippen LogP contribution in [-0.2, 0) is 20.0 Å². The molecule has 0 radical (unpaired) electrons. The van der Waals surface area contributed by atoms with E-state index in [1.165, 1.54) is 6.07 Å². The van der Waals surface area contributed by atoms with Gasteiger partial charge in [-0.15, -0.1) is 5.10 Å². The molecule has 7 nitrogen and oxygen atoms in total. The van der Waals surface area contributed by atoms with E-state index in [4.69, 9.17) is 0 Å². The highest BCUT2D eigenvalue weighted by molar-refractivity contribution is 6.01. The Labute approximate surface area is 189 Å². The number of hydrogen-bond donors (Lipinski definition) is 2. The van der Waals surface area contributed by atoms with Gasteiger partial charge in [0.15, 0.2) is 5.82 Å². The van der Waals surface area contributed by atoms with Gasteiger partial charge in [-0.1, -0.05) is 11.6 Å². The van der Waals surface area contributed by atoms with Gasteiger partial charge in [-0.05, 0) is 57.0 Å². The van der Waals surface area contributed by atoms with Crippen LogP contribution < -0.4 is 11.0 Å². The second-order valence-corrected chi connectivity index (χ2v) is 8.68. The summed E-state index contributed by atoms with van der Waals surface area (Å²) in [5.74, 6) is -2.83. The van der Waals surface area contributed by atoms with Gasteiger partial charge in [-0.2, -0.15) is 13.9 Å². The van der Waals surface area contributed by atoms with Gasteiger partial charge in [0.1, 0.15) is 6.61 Å². The summed E-state index contributed by atoms with van der Waals surface area (Å²) in [4.78, 5) is 12.4. The quantitative estimate of drug-likeness (QED) is 0.475. The number of nitrogens with zero attached hydrogens (tertiary/aromatic N) is 4. The molecule has 0 aliphatic rings. The number of imidazole rings is 1. The summed E-state index contributed by atoms with van der Waals surface area (Å²) >= 11 is 0. The third kappa shape index (κ3) is 3.66. The van der Waals surface area contributed by atoms with Crippen LogP contribution in [0.2, 0.25) is 0 Å². The molecule has 2 aromatic heterocycles. The highest BCUT2D eigenvalue weighted by Crippen LogP contribution is 2.36. The Morgan fingerprint density at radius 1 is 1.03 bits per heavy atom. The van der Waals surface area contributed by atoms with Gasteiger partial charge in [0, 0.05) is 30.4 Å². The van der Waals surface area contributed by atoms with Crippen molar-refractivity contribution in [3.63, 3.8) is 0 Å². The molecule has 0 spiro atoms. The molecule has 0 saturated carbocycles. The zero-order valence-electron chi connectivity index (χ0n) is 19.5. The number of aliphatic hydroxyl groups is 1. The lowest BCUT2D eigenvalue weighted by molar-refractivity contribution is -0.0562. The highest BCUT2D eigenvalue weighted by Gasteiger charge is 2.33. The largest absolute Gasteiger partial charge is 0.390 e. The van der Waals surface area contributed by atoms with Gasteiger partial charge in [0.05, 0.1) is 22.8 Å². The van der Waals surface area contributed by atoms with Crippen molar-refractivity contribution in [1.82, 2.24) is 19.3 Å². The molecule has 33 heavy (non-hydrogen) atoms. The summed E-state index contributed by atoms with van der Waals surface area (Å²) in [6.45, 7) is 5.85. The molecule has 4 rings (SSSR count). The number of hydrogen-bond acceptors (Lipinski definition) is 5. The Kier molecular flexibility index (Phi) is 5.48. The van der Waals surface area contributed by atoms with Gasteiger partial charge < -0.3 is 10.4 Å². The molecule has 0 bridgehead atoms. The number of aryl methyl sites for hydroxylation is 4. The molecule has 2 heterocycles. The van der Waals surface area contributed by atoms with E-state index in [0.29, 0.717) is 22.5 Å². The van der Waals surface area contributed by atoms with E-state index in [2.05, 4.69) is 15.5 Å². The van der Waals surface area contributed by atoms with Crippen LogP contribution >= 0.6 is 0 Å². The molecule has 0 aliphatic heterocycles. The van der Waals surface area contributed by atoms with E-state index in [0.717, 1.165) is 27.5 Å². The molecule has 0 saturated heterocycles. The van der Waals surface area contributed by atoms with Crippen LogP contribution in [0.25, 0.3) is 21.8 Å². The number of fused-ring (bicyclic) bond motifs is 2. The Balaban J connectivity index is 1.85. The van der Waals surface area contributed by atoms with Crippen LogP contribution in [-0.4, -0.2) is 31.0 Å². The molecular formula is C24H27F2N5O2. The zero-order chi connectivity index (χ0) is 24.2. The van der Waals surface area contributed by atoms with E-state index in [1.807, 2.05) is 32.0 Å². The Hall–Kier alpha value is -3.33. The first kappa shape index (κ1) is 22.8.